The highest BCUT2D eigenvalue weighted by Gasteiger charge is 2.22. The summed E-state index contributed by atoms with van der Waals surface area (Å²) in [6, 6.07) is 10.0. The van der Waals surface area contributed by atoms with Crippen LogP contribution in [0.4, 0.5) is 0 Å². The minimum Gasteiger partial charge on any atom is -0.457 e. The molecule has 2 nitrogen and oxygen atoms in total. The summed E-state index contributed by atoms with van der Waals surface area (Å²) >= 11 is 0. The minimum absolute atomic E-state index is 0.489. The Morgan fingerprint density at radius 3 is 2.59 bits per heavy atom. The van der Waals surface area contributed by atoms with Crippen LogP contribution >= 0.6 is 0 Å². The highest BCUT2D eigenvalue weighted by atomic mass is 16.3. The molecule has 0 amide bonds. The average Bonchev–Trinajstić information content (AvgIpc) is 2.78. The SMILES string of the molecule is O=Cc1oc2c(c1-c1ccccc1)CCCC2. The lowest BCUT2D eigenvalue weighted by molar-refractivity contribution is 0.109. The Morgan fingerprint density at radius 1 is 1.06 bits per heavy atom. The third-order valence-electron chi connectivity index (χ3n) is 3.37. The first kappa shape index (κ1) is 10.3. The predicted molar refractivity (Wildman–Crippen MR) is 66.2 cm³/mol. The molecule has 3 rings (SSSR count). The van der Waals surface area contributed by atoms with Crippen molar-refractivity contribution in [1.82, 2.24) is 0 Å². The number of aryl methyl sites for hydroxylation is 1. The van der Waals surface area contributed by atoms with Crippen LogP contribution in [0.3, 0.4) is 0 Å². The van der Waals surface area contributed by atoms with Crippen LogP contribution < -0.4 is 0 Å². The van der Waals surface area contributed by atoms with Crippen molar-refractivity contribution in [2.75, 3.05) is 0 Å². The van der Waals surface area contributed by atoms with E-state index in [0.29, 0.717) is 5.76 Å². The summed E-state index contributed by atoms with van der Waals surface area (Å²) in [5.41, 5.74) is 3.33. The lowest BCUT2D eigenvalue weighted by Gasteiger charge is -2.10. The molecule has 0 spiro atoms. The van der Waals surface area contributed by atoms with E-state index in [1.54, 1.807) is 0 Å². The van der Waals surface area contributed by atoms with E-state index in [-0.39, 0.29) is 0 Å². The van der Waals surface area contributed by atoms with Gasteiger partial charge in [-0.2, -0.15) is 0 Å². The summed E-state index contributed by atoms with van der Waals surface area (Å²) in [4.78, 5) is 11.1. The molecule has 86 valence electrons. The van der Waals surface area contributed by atoms with E-state index in [0.717, 1.165) is 42.4 Å². The van der Waals surface area contributed by atoms with Crippen LogP contribution in [0.5, 0.6) is 0 Å². The number of hydrogen-bond acceptors (Lipinski definition) is 2. The van der Waals surface area contributed by atoms with E-state index in [1.807, 2.05) is 30.3 Å². The lowest BCUT2D eigenvalue weighted by Crippen LogP contribution is -1.99. The van der Waals surface area contributed by atoms with Gasteiger partial charge in [-0.25, -0.2) is 0 Å². The molecule has 2 aromatic rings. The monoisotopic (exact) mass is 226 g/mol. The molecule has 0 N–H and O–H groups in total. The lowest BCUT2D eigenvalue weighted by atomic mass is 9.91. The van der Waals surface area contributed by atoms with Gasteiger partial charge in [-0.15, -0.1) is 0 Å². The van der Waals surface area contributed by atoms with Gasteiger partial charge in [0.15, 0.2) is 12.0 Å². The normalized spacial score (nSPS) is 14.4. The zero-order valence-electron chi connectivity index (χ0n) is 9.61. The van der Waals surface area contributed by atoms with Crippen LogP contribution in [0.25, 0.3) is 11.1 Å². The number of hydrogen-bond donors (Lipinski definition) is 0. The molecule has 1 aromatic carbocycles. The molecule has 2 heteroatoms. The molecule has 0 unspecified atom stereocenters. The van der Waals surface area contributed by atoms with E-state index < -0.39 is 0 Å². The Labute approximate surface area is 100 Å². The molecule has 1 aliphatic rings. The van der Waals surface area contributed by atoms with Gasteiger partial charge in [0.05, 0.1) is 0 Å². The fourth-order valence-corrected chi connectivity index (χ4v) is 2.59. The van der Waals surface area contributed by atoms with Crippen molar-refractivity contribution in [3.8, 4) is 11.1 Å². The van der Waals surface area contributed by atoms with Crippen molar-refractivity contribution < 1.29 is 9.21 Å². The van der Waals surface area contributed by atoms with Gasteiger partial charge in [-0.1, -0.05) is 30.3 Å². The Balaban J connectivity index is 2.20. The number of aldehydes is 1. The van der Waals surface area contributed by atoms with Crippen LogP contribution in [-0.4, -0.2) is 6.29 Å². The molecule has 0 radical (unpaired) electrons. The van der Waals surface area contributed by atoms with E-state index >= 15 is 0 Å². The van der Waals surface area contributed by atoms with E-state index in [1.165, 1.54) is 12.0 Å². The molecule has 17 heavy (non-hydrogen) atoms. The fraction of sp³-hybridized carbons (Fsp3) is 0.267. The van der Waals surface area contributed by atoms with E-state index in [2.05, 4.69) is 0 Å². The van der Waals surface area contributed by atoms with Crippen molar-refractivity contribution in [1.29, 1.82) is 0 Å². The van der Waals surface area contributed by atoms with Crippen molar-refractivity contribution in [2.24, 2.45) is 0 Å². The second kappa shape index (κ2) is 4.21. The van der Waals surface area contributed by atoms with Crippen LogP contribution in [0.15, 0.2) is 34.7 Å². The van der Waals surface area contributed by atoms with Crippen LogP contribution in [-0.2, 0) is 12.8 Å². The first-order chi connectivity index (χ1) is 8.40. The van der Waals surface area contributed by atoms with Gasteiger partial charge in [0.25, 0.3) is 0 Å². The standard InChI is InChI=1S/C15H14O2/c16-10-14-15(11-6-2-1-3-7-11)12-8-4-5-9-13(12)17-14/h1-3,6-7,10H,4-5,8-9H2. The number of fused-ring (bicyclic) bond motifs is 1. The van der Waals surface area contributed by atoms with E-state index in [4.69, 9.17) is 4.42 Å². The van der Waals surface area contributed by atoms with Crippen molar-refractivity contribution in [3.05, 3.63) is 47.4 Å². The third kappa shape index (κ3) is 1.70. The maximum absolute atomic E-state index is 11.1. The van der Waals surface area contributed by atoms with Gasteiger partial charge in [0, 0.05) is 17.5 Å². The Hall–Kier alpha value is -1.83. The van der Waals surface area contributed by atoms with E-state index in [9.17, 15) is 4.79 Å². The van der Waals surface area contributed by atoms with Crippen LogP contribution in [0.2, 0.25) is 0 Å². The highest BCUT2D eigenvalue weighted by Crippen LogP contribution is 2.36. The first-order valence-electron chi connectivity index (χ1n) is 6.05. The van der Waals surface area contributed by atoms with Gasteiger partial charge in [-0.05, 0) is 24.8 Å². The number of carbonyl (C=O) groups is 1. The molecule has 1 heterocycles. The summed E-state index contributed by atoms with van der Waals surface area (Å²) in [7, 11) is 0. The Kier molecular flexibility index (Phi) is 2.56. The molecule has 0 saturated carbocycles. The van der Waals surface area contributed by atoms with Gasteiger partial charge in [0.2, 0.25) is 0 Å². The summed E-state index contributed by atoms with van der Waals surface area (Å²) in [5.74, 6) is 1.50. The molecule has 0 atom stereocenters. The summed E-state index contributed by atoms with van der Waals surface area (Å²) in [6.45, 7) is 0. The second-order valence-corrected chi connectivity index (χ2v) is 4.43. The summed E-state index contributed by atoms with van der Waals surface area (Å²) < 4.78 is 5.67. The summed E-state index contributed by atoms with van der Waals surface area (Å²) in [6.07, 6.45) is 5.16. The number of benzene rings is 1. The number of rotatable bonds is 2. The van der Waals surface area contributed by atoms with Crippen LogP contribution in [0, 0.1) is 0 Å². The molecular weight excluding hydrogens is 212 g/mol. The fourth-order valence-electron chi connectivity index (χ4n) is 2.59. The molecule has 1 aromatic heterocycles. The molecule has 0 aliphatic heterocycles. The molecule has 0 saturated heterocycles. The van der Waals surface area contributed by atoms with Crippen molar-refractivity contribution in [3.63, 3.8) is 0 Å². The van der Waals surface area contributed by atoms with Gasteiger partial charge >= 0.3 is 0 Å². The second-order valence-electron chi connectivity index (χ2n) is 4.43. The van der Waals surface area contributed by atoms with Crippen LogP contribution in [0.1, 0.15) is 34.7 Å². The van der Waals surface area contributed by atoms with Crippen molar-refractivity contribution in [2.45, 2.75) is 25.7 Å². The maximum atomic E-state index is 11.1. The zero-order valence-corrected chi connectivity index (χ0v) is 9.61. The third-order valence-corrected chi connectivity index (χ3v) is 3.37. The number of furan rings is 1. The Bertz CT molecular complexity index is 538. The minimum atomic E-state index is 0.489. The van der Waals surface area contributed by atoms with Crippen molar-refractivity contribution >= 4 is 6.29 Å². The highest BCUT2D eigenvalue weighted by molar-refractivity contribution is 5.86. The molecule has 0 fully saturated rings. The average molecular weight is 226 g/mol. The Morgan fingerprint density at radius 2 is 1.82 bits per heavy atom. The molecule has 0 bridgehead atoms. The first-order valence-corrected chi connectivity index (χ1v) is 6.05. The van der Waals surface area contributed by atoms with Gasteiger partial charge in [0.1, 0.15) is 5.76 Å². The van der Waals surface area contributed by atoms with Gasteiger partial charge in [-0.3, -0.25) is 4.79 Å². The topological polar surface area (TPSA) is 30.2 Å². The maximum Gasteiger partial charge on any atom is 0.185 e. The quantitative estimate of drug-likeness (QED) is 0.732. The molecular formula is C15H14O2. The smallest absolute Gasteiger partial charge is 0.185 e. The largest absolute Gasteiger partial charge is 0.457 e. The molecule has 1 aliphatic carbocycles. The zero-order chi connectivity index (χ0) is 11.7. The van der Waals surface area contributed by atoms with Gasteiger partial charge < -0.3 is 4.42 Å². The number of carbonyl (C=O) groups excluding carboxylic acids is 1. The summed E-state index contributed by atoms with van der Waals surface area (Å²) in [5, 5.41) is 0. The predicted octanol–water partition coefficient (Wildman–Crippen LogP) is 3.64.